The minimum atomic E-state index is 0.271. The summed E-state index contributed by atoms with van der Waals surface area (Å²) >= 11 is 0. The number of aliphatic imine (C=N–C) groups is 1. The van der Waals surface area contributed by atoms with Crippen LogP contribution in [0.25, 0.3) is 0 Å². The van der Waals surface area contributed by atoms with Crippen molar-refractivity contribution in [1.29, 1.82) is 0 Å². The van der Waals surface area contributed by atoms with Crippen molar-refractivity contribution in [2.24, 2.45) is 4.99 Å². The van der Waals surface area contributed by atoms with Gasteiger partial charge in [0.2, 0.25) is 0 Å². The molecular weight excluding hydrogens is 106 g/mol. The molecule has 0 fully saturated rings. The number of carbonyl (C=O) groups excluding carboxylic acids is 1. The Labute approximate surface area is 48.4 Å². The molecule has 0 aliphatic carbocycles. The number of aldehydes is 1. The third-order valence-corrected chi connectivity index (χ3v) is 0.743. The lowest BCUT2D eigenvalue weighted by atomic mass is 10.5. The molecule has 0 aromatic rings. The van der Waals surface area contributed by atoms with Crippen LogP contribution in [-0.2, 0) is 9.53 Å². The van der Waals surface area contributed by atoms with Gasteiger partial charge in [-0.1, -0.05) is 0 Å². The second-order valence-electron chi connectivity index (χ2n) is 1.19. The Morgan fingerprint density at radius 1 is 1.88 bits per heavy atom. The van der Waals surface area contributed by atoms with Crippen LogP contribution in [0.2, 0.25) is 0 Å². The fourth-order valence-electron chi connectivity index (χ4n) is 0.337. The van der Waals surface area contributed by atoms with Crippen LogP contribution >= 0.6 is 0 Å². The highest BCUT2D eigenvalue weighted by molar-refractivity contribution is 5.87. The quantitative estimate of drug-likeness (QED) is 0.294. The Morgan fingerprint density at radius 3 is 2.62 bits per heavy atom. The normalized spacial score (nSPS) is 11.0. The van der Waals surface area contributed by atoms with E-state index in [1.165, 1.54) is 7.11 Å². The average molecular weight is 115 g/mol. The van der Waals surface area contributed by atoms with Crippen molar-refractivity contribution in [2.75, 3.05) is 14.2 Å². The Morgan fingerprint density at radius 2 is 2.50 bits per heavy atom. The lowest BCUT2D eigenvalue weighted by molar-refractivity contribution is -0.107. The summed E-state index contributed by atoms with van der Waals surface area (Å²) < 4.78 is 4.66. The first-order valence-electron chi connectivity index (χ1n) is 2.28. The molecule has 0 aromatic heterocycles. The molecule has 0 spiro atoms. The van der Waals surface area contributed by atoms with E-state index in [2.05, 4.69) is 9.73 Å². The van der Waals surface area contributed by atoms with Gasteiger partial charge in [0.25, 0.3) is 0 Å². The van der Waals surface area contributed by atoms with E-state index in [9.17, 15) is 4.79 Å². The number of hydrogen-bond donors (Lipinski definition) is 0. The zero-order valence-electron chi connectivity index (χ0n) is 5.05. The van der Waals surface area contributed by atoms with Crippen molar-refractivity contribution in [3.05, 3.63) is 0 Å². The average Bonchev–Trinajstić information content (AvgIpc) is 1.83. The first kappa shape index (κ1) is 7.14. The molecule has 0 N–H and O–H groups in total. The Hall–Kier alpha value is -0.860. The van der Waals surface area contributed by atoms with Gasteiger partial charge in [0.05, 0.1) is 13.5 Å². The molecule has 0 heterocycles. The molecule has 0 radical (unpaired) electrons. The number of carbonyl (C=O) groups is 1. The predicted molar refractivity (Wildman–Crippen MR) is 31.0 cm³/mol. The number of ether oxygens (including phenoxy) is 1. The zero-order valence-corrected chi connectivity index (χ0v) is 5.05. The number of rotatable bonds is 2. The maximum atomic E-state index is 9.77. The van der Waals surface area contributed by atoms with Gasteiger partial charge in [-0.2, -0.15) is 0 Å². The van der Waals surface area contributed by atoms with Gasteiger partial charge in [-0.15, -0.1) is 0 Å². The summed E-state index contributed by atoms with van der Waals surface area (Å²) in [6, 6.07) is 0. The van der Waals surface area contributed by atoms with Crippen LogP contribution in [0.1, 0.15) is 6.42 Å². The van der Waals surface area contributed by atoms with Gasteiger partial charge in [0.15, 0.2) is 5.90 Å². The highest BCUT2D eigenvalue weighted by Gasteiger charge is 1.90. The number of hydrogen-bond acceptors (Lipinski definition) is 3. The molecule has 3 nitrogen and oxygen atoms in total. The molecular formula is C5H9NO2. The van der Waals surface area contributed by atoms with Gasteiger partial charge in [-0.3, -0.25) is 4.99 Å². The lowest BCUT2D eigenvalue weighted by Crippen LogP contribution is -2.00. The van der Waals surface area contributed by atoms with Gasteiger partial charge >= 0.3 is 0 Å². The van der Waals surface area contributed by atoms with E-state index in [1.54, 1.807) is 7.05 Å². The van der Waals surface area contributed by atoms with Crippen molar-refractivity contribution in [1.82, 2.24) is 0 Å². The highest BCUT2D eigenvalue weighted by atomic mass is 16.5. The van der Waals surface area contributed by atoms with Crippen LogP contribution in [0, 0.1) is 0 Å². The third kappa shape index (κ3) is 2.34. The van der Waals surface area contributed by atoms with E-state index in [0.29, 0.717) is 5.90 Å². The second kappa shape index (κ2) is 4.30. The fourth-order valence-corrected chi connectivity index (χ4v) is 0.337. The van der Waals surface area contributed by atoms with E-state index in [0.717, 1.165) is 6.29 Å². The van der Waals surface area contributed by atoms with Crippen LogP contribution in [0.15, 0.2) is 4.99 Å². The van der Waals surface area contributed by atoms with Gasteiger partial charge in [0.1, 0.15) is 6.29 Å². The van der Waals surface area contributed by atoms with E-state index < -0.39 is 0 Å². The van der Waals surface area contributed by atoms with Crippen LogP contribution in [0.4, 0.5) is 0 Å². The van der Waals surface area contributed by atoms with Crippen LogP contribution in [-0.4, -0.2) is 26.3 Å². The maximum absolute atomic E-state index is 9.77. The zero-order chi connectivity index (χ0) is 6.41. The first-order valence-corrected chi connectivity index (χ1v) is 2.28. The first-order chi connectivity index (χ1) is 3.85. The fraction of sp³-hybridized carbons (Fsp3) is 0.600. The third-order valence-electron chi connectivity index (χ3n) is 0.743. The summed E-state index contributed by atoms with van der Waals surface area (Å²) in [5.41, 5.74) is 0. The van der Waals surface area contributed by atoms with Crippen molar-refractivity contribution in [3.63, 3.8) is 0 Å². The largest absolute Gasteiger partial charge is 0.484 e. The molecule has 0 aromatic carbocycles. The summed E-state index contributed by atoms with van der Waals surface area (Å²) in [5, 5.41) is 0. The second-order valence-corrected chi connectivity index (χ2v) is 1.19. The molecule has 0 saturated carbocycles. The van der Waals surface area contributed by atoms with Crippen molar-refractivity contribution in [3.8, 4) is 0 Å². The molecule has 46 valence electrons. The van der Waals surface area contributed by atoms with Crippen LogP contribution < -0.4 is 0 Å². The molecule has 0 atom stereocenters. The van der Waals surface area contributed by atoms with Crippen molar-refractivity contribution in [2.45, 2.75) is 6.42 Å². The van der Waals surface area contributed by atoms with E-state index >= 15 is 0 Å². The van der Waals surface area contributed by atoms with Crippen molar-refractivity contribution < 1.29 is 9.53 Å². The van der Waals surface area contributed by atoms with Gasteiger partial charge in [-0.05, 0) is 0 Å². The van der Waals surface area contributed by atoms with Gasteiger partial charge in [-0.25, -0.2) is 0 Å². The topological polar surface area (TPSA) is 38.7 Å². The summed E-state index contributed by atoms with van der Waals surface area (Å²) in [6.45, 7) is 0. The molecule has 0 unspecified atom stereocenters. The molecule has 3 heteroatoms. The van der Waals surface area contributed by atoms with Gasteiger partial charge < -0.3 is 9.53 Å². The number of methoxy groups -OCH3 is 1. The van der Waals surface area contributed by atoms with E-state index in [1.807, 2.05) is 0 Å². The number of nitrogens with zero attached hydrogens (tertiary/aromatic N) is 1. The van der Waals surface area contributed by atoms with Crippen LogP contribution in [0.3, 0.4) is 0 Å². The molecule has 0 bridgehead atoms. The standard InChI is InChI=1S/C5H9NO2/c1-6-5(8-2)3-4-7/h4H,3H2,1-2H3. The monoisotopic (exact) mass is 115 g/mol. The van der Waals surface area contributed by atoms with Gasteiger partial charge in [0, 0.05) is 7.05 Å². The summed E-state index contributed by atoms with van der Waals surface area (Å²) in [4.78, 5) is 13.4. The maximum Gasteiger partial charge on any atom is 0.189 e. The molecule has 0 saturated heterocycles. The molecule has 0 aliphatic rings. The highest BCUT2D eigenvalue weighted by Crippen LogP contribution is 1.80. The Balaban J connectivity index is 3.53. The summed E-state index contributed by atoms with van der Waals surface area (Å²) in [7, 11) is 3.08. The molecule has 0 aliphatic heterocycles. The molecule has 0 amide bonds. The van der Waals surface area contributed by atoms with Crippen molar-refractivity contribution >= 4 is 12.2 Å². The van der Waals surface area contributed by atoms with E-state index in [4.69, 9.17) is 0 Å². The molecule has 0 rings (SSSR count). The lowest BCUT2D eigenvalue weighted by Gasteiger charge is -1.95. The smallest absolute Gasteiger partial charge is 0.189 e. The Kier molecular flexibility index (Phi) is 3.84. The minimum Gasteiger partial charge on any atom is -0.484 e. The van der Waals surface area contributed by atoms with E-state index in [-0.39, 0.29) is 6.42 Å². The van der Waals surface area contributed by atoms with Crippen LogP contribution in [0.5, 0.6) is 0 Å². The minimum absolute atomic E-state index is 0.271. The summed E-state index contributed by atoms with van der Waals surface area (Å²) in [5.74, 6) is 0.472. The Bertz CT molecular complexity index is 98.6. The predicted octanol–water partition coefficient (Wildman–Crippen LogP) is 0.250. The SMILES string of the molecule is CN=C(CC=O)OC. The summed E-state index contributed by atoms with van der Waals surface area (Å²) in [6.07, 6.45) is 1.03. The molecule has 8 heavy (non-hydrogen) atoms.